The Hall–Kier alpha value is -2.10. The number of benzene rings is 1. The molecule has 2 heterocycles. The summed E-state index contributed by atoms with van der Waals surface area (Å²) >= 11 is 0. The first-order valence-electron chi connectivity index (χ1n) is 10.5. The van der Waals surface area contributed by atoms with Gasteiger partial charge >= 0.3 is 0 Å². The van der Waals surface area contributed by atoms with Gasteiger partial charge in [-0.2, -0.15) is 0 Å². The van der Waals surface area contributed by atoms with Gasteiger partial charge in [0.2, 0.25) is 15.9 Å². The summed E-state index contributed by atoms with van der Waals surface area (Å²) in [5, 5.41) is 7.10. The number of H-pyrrole nitrogens is 1. The van der Waals surface area contributed by atoms with E-state index in [9.17, 15) is 18.0 Å². The van der Waals surface area contributed by atoms with Gasteiger partial charge in [0.05, 0.1) is 12.3 Å². The molecule has 1 saturated carbocycles. The van der Waals surface area contributed by atoms with Gasteiger partial charge in [-0.05, 0) is 49.1 Å². The van der Waals surface area contributed by atoms with Gasteiger partial charge in [-0.15, -0.1) is 12.4 Å². The number of hydrogen-bond donors (Lipinski definition) is 4. The Labute approximate surface area is 188 Å². The van der Waals surface area contributed by atoms with Gasteiger partial charge < -0.3 is 15.6 Å². The van der Waals surface area contributed by atoms with Gasteiger partial charge in [-0.1, -0.05) is 32.1 Å². The van der Waals surface area contributed by atoms with E-state index in [1.54, 1.807) is 24.3 Å². The molecule has 2 aromatic rings. The van der Waals surface area contributed by atoms with E-state index in [-0.39, 0.29) is 30.0 Å². The standard InChI is InChI=1S/C21H28N4O4S.ClH/c1-30(28,29)25-20(26)18-12-14-11-15(7-8-17(14)24-18)23-21(27)19-16(9-10-22-19)13-5-3-2-4-6-13;/h7-8,11-13,16,19,22,24H,2-6,9-10H2,1H3,(H,23,27)(H,25,26);1H/t16-,19+;/m0./s1. The third kappa shape index (κ3) is 5.58. The summed E-state index contributed by atoms with van der Waals surface area (Å²) in [4.78, 5) is 27.9. The van der Waals surface area contributed by atoms with Crippen LogP contribution >= 0.6 is 12.4 Å². The SMILES string of the molecule is CS(=O)(=O)NC(=O)c1cc2cc(NC(=O)[C@@H]3NCC[C@H]3C3CCCCC3)ccc2[nH]1.Cl. The number of anilines is 1. The highest BCUT2D eigenvalue weighted by atomic mass is 35.5. The summed E-state index contributed by atoms with van der Waals surface area (Å²) in [6.45, 7) is 0.870. The second kappa shape index (κ2) is 9.58. The number of nitrogens with one attached hydrogen (secondary N) is 4. The number of carbonyl (C=O) groups excluding carboxylic acids is 2. The van der Waals surface area contributed by atoms with Crippen LogP contribution in [0.3, 0.4) is 0 Å². The molecule has 0 unspecified atom stereocenters. The van der Waals surface area contributed by atoms with E-state index in [2.05, 4.69) is 15.6 Å². The molecule has 2 fully saturated rings. The fourth-order valence-electron chi connectivity index (χ4n) is 4.86. The minimum absolute atomic E-state index is 0. The second-order valence-corrected chi connectivity index (χ2v) is 10.2. The Bertz CT molecular complexity index is 1060. The van der Waals surface area contributed by atoms with Crippen molar-refractivity contribution in [3.8, 4) is 0 Å². The maximum absolute atomic E-state index is 13.0. The van der Waals surface area contributed by atoms with Gasteiger partial charge in [0, 0.05) is 16.6 Å². The zero-order valence-corrected chi connectivity index (χ0v) is 19.1. The smallest absolute Gasteiger partial charge is 0.281 e. The summed E-state index contributed by atoms with van der Waals surface area (Å²) in [7, 11) is -3.64. The monoisotopic (exact) mass is 468 g/mol. The molecular weight excluding hydrogens is 440 g/mol. The molecule has 8 nitrogen and oxygen atoms in total. The van der Waals surface area contributed by atoms with Crippen molar-refractivity contribution < 1.29 is 18.0 Å². The molecule has 2 aliphatic rings. The van der Waals surface area contributed by atoms with Crippen LogP contribution < -0.4 is 15.4 Å². The molecule has 0 spiro atoms. The fourth-order valence-corrected chi connectivity index (χ4v) is 5.30. The van der Waals surface area contributed by atoms with Crippen molar-refractivity contribution in [2.24, 2.45) is 11.8 Å². The minimum atomic E-state index is -3.64. The average molecular weight is 469 g/mol. The molecule has 1 aromatic heterocycles. The predicted octanol–water partition coefficient (Wildman–Crippen LogP) is 2.78. The van der Waals surface area contributed by atoms with Crippen LogP contribution in [0.15, 0.2) is 24.3 Å². The first-order valence-corrected chi connectivity index (χ1v) is 12.4. The number of halogens is 1. The molecule has 1 saturated heterocycles. The van der Waals surface area contributed by atoms with Gasteiger partial charge in [0.25, 0.3) is 5.91 Å². The Balaban J connectivity index is 0.00000272. The van der Waals surface area contributed by atoms with Crippen LogP contribution in [-0.4, -0.2) is 44.1 Å². The molecule has 2 atom stereocenters. The van der Waals surface area contributed by atoms with Crippen molar-refractivity contribution in [3.63, 3.8) is 0 Å². The number of rotatable bonds is 5. The summed E-state index contributed by atoms with van der Waals surface area (Å²) in [5.41, 5.74) is 1.48. The van der Waals surface area contributed by atoms with E-state index in [1.165, 1.54) is 32.1 Å². The minimum Gasteiger partial charge on any atom is -0.350 e. The van der Waals surface area contributed by atoms with Crippen molar-refractivity contribution in [2.45, 2.75) is 44.6 Å². The molecular formula is C21H29ClN4O4S. The molecule has 1 aliphatic heterocycles. The molecule has 2 amide bonds. The highest BCUT2D eigenvalue weighted by molar-refractivity contribution is 7.89. The number of aromatic nitrogens is 1. The van der Waals surface area contributed by atoms with Crippen LogP contribution in [0, 0.1) is 11.8 Å². The van der Waals surface area contributed by atoms with Crippen LogP contribution in [0.1, 0.15) is 49.0 Å². The third-order valence-corrected chi connectivity index (χ3v) is 6.78. The van der Waals surface area contributed by atoms with Crippen molar-refractivity contribution >= 4 is 50.8 Å². The molecule has 0 radical (unpaired) electrons. The Morgan fingerprint density at radius 1 is 1.06 bits per heavy atom. The predicted molar refractivity (Wildman–Crippen MR) is 123 cm³/mol. The highest BCUT2D eigenvalue weighted by Crippen LogP contribution is 2.36. The second-order valence-electron chi connectivity index (χ2n) is 8.46. The summed E-state index contributed by atoms with van der Waals surface area (Å²) in [6, 6.07) is 6.73. The normalized spacial score (nSPS) is 22.1. The van der Waals surface area contributed by atoms with E-state index < -0.39 is 15.9 Å². The fraction of sp³-hybridized carbons (Fsp3) is 0.524. The van der Waals surface area contributed by atoms with Crippen LogP contribution in [-0.2, 0) is 14.8 Å². The lowest BCUT2D eigenvalue weighted by Crippen LogP contribution is -2.42. The van der Waals surface area contributed by atoms with Gasteiger partial charge in [0.15, 0.2) is 0 Å². The first-order chi connectivity index (χ1) is 14.3. The molecule has 1 aliphatic carbocycles. The molecule has 1 aromatic carbocycles. The van der Waals surface area contributed by atoms with Crippen molar-refractivity contribution in [2.75, 3.05) is 18.1 Å². The first kappa shape index (κ1) is 23.6. The van der Waals surface area contributed by atoms with Crippen molar-refractivity contribution in [3.05, 3.63) is 30.0 Å². The zero-order chi connectivity index (χ0) is 21.3. The van der Waals surface area contributed by atoms with E-state index in [1.807, 2.05) is 4.72 Å². The molecule has 0 bridgehead atoms. The van der Waals surface area contributed by atoms with E-state index in [4.69, 9.17) is 0 Å². The number of carbonyl (C=O) groups is 2. The summed E-state index contributed by atoms with van der Waals surface area (Å²) < 4.78 is 24.5. The van der Waals surface area contributed by atoms with Gasteiger partial charge in [-0.25, -0.2) is 13.1 Å². The van der Waals surface area contributed by atoms with E-state index >= 15 is 0 Å². The lowest BCUT2D eigenvalue weighted by atomic mass is 9.76. The number of hydrogen-bond acceptors (Lipinski definition) is 5. The van der Waals surface area contributed by atoms with Crippen molar-refractivity contribution in [1.82, 2.24) is 15.0 Å². The van der Waals surface area contributed by atoms with Crippen LogP contribution in [0.25, 0.3) is 10.9 Å². The molecule has 10 heteroatoms. The Morgan fingerprint density at radius 2 is 1.81 bits per heavy atom. The third-order valence-electron chi connectivity index (χ3n) is 6.22. The number of sulfonamides is 1. The highest BCUT2D eigenvalue weighted by Gasteiger charge is 2.38. The molecule has 31 heavy (non-hydrogen) atoms. The average Bonchev–Trinajstić information content (AvgIpc) is 3.34. The molecule has 4 rings (SSSR count). The molecule has 4 N–H and O–H groups in total. The summed E-state index contributed by atoms with van der Waals surface area (Å²) in [6.07, 6.45) is 8.21. The van der Waals surface area contributed by atoms with Crippen LogP contribution in [0.5, 0.6) is 0 Å². The lowest BCUT2D eigenvalue weighted by molar-refractivity contribution is -0.119. The van der Waals surface area contributed by atoms with Crippen LogP contribution in [0.4, 0.5) is 5.69 Å². The number of amides is 2. The topological polar surface area (TPSA) is 120 Å². The summed E-state index contributed by atoms with van der Waals surface area (Å²) in [5.74, 6) is 0.262. The van der Waals surface area contributed by atoms with E-state index in [0.717, 1.165) is 24.6 Å². The maximum Gasteiger partial charge on any atom is 0.281 e. The number of fused-ring (bicyclic) bond motifs is 1. The van der Waals surface area contributed by atoms with Crippen LogP contribution in [0.2, 0.25) is 0 Å². The zero-order valence-electron chi connectivity index (χ0n) is 17.4. The largest absolute Gasteiger partial charge is 0.350 e. The quantitative estimate of drug-likeness (QED) is 0.537. The number of aromatic amines is 1. The van der Waals surface area contributed by atoms with Gasteiger partial charge in [0.1, 0.15) is 5.69 Å². The van der Waals surface area contributed by atoms with Gasteiger partial charge in [-0.3, -0.25) is 9.59 Å². The maximum atomic E-state index is 13.0. The Morgan fingerprint density at radius 3 is 2.52 bits per heavy atom. The Kier molecular flexibility index (Phi) is 7.28. The van der Waals surface area contributed by atoms with Crippen molar-refractivity contribution in [1.29, 1.82) is 0 Å². The molecule has 170 valence electrons. The lowest BCUT2D eigenvalue weighted by Gasteiger charge is -2.30. The van der Waals surface area contributed by atoms with E-state index in [0.29, 0.717) is 23.0 Å².